The molecule has 15 heavy (non-hydrogen) atoms. The summed E-state index contributed by atoms with van der Waals surface area (Å²) in [5.41, 5.74) is 0.558. The fourth-order valence-electron chi connectivity index (χ4n) is 1.39. The molecule has 4 heteroatoms. The van der Waals surface area contributed by atoms with Crippen molar-refractivity contribution < 1.29 is 18.6 Å². The minimum atomic E-state index is -0.241. The second-order valence-electron chi connectivity index (χ2n) is 3.38. The van der Waals surface area contributed by atoms with E-state index in [-0.39, 0.29) is 18.5 Å². The molecule has 0 amide bonds. The third-order valence-corrected chi connectivity index (χ3v) is 2.21. The monoisotopic (exact) mass is 212 g/mol. The van der Waals surface area contributed by atoms with Crippen molar-refractivity contribution in [2.24, 2.45) is 0 Å². The van der Waals surface area contributed by atoms with Gasteiger partial charge in [0, 0.05) is 5.56 Å². The zero-order valence-electron chi connectivity index (χ0n) is 8.32. The van der Waals surface area contributed by atoms with Gasteiger partial charge in [0.1, 0.15) is 18.7 Å². The highest BCUT2D eigenvalue weighted by Gasteiger charge is 2.15. The first-order valence-electron chi connectivity index (χ1n) is 4.87. The molecule has 82 valence electrons. The van der Waals surface area contributed by atoms with Crippen molar-refractivity contribution >= 4 is 0 Å². The van der Waals surface area contributed by atoms with Crippen LogP contribution in [0.1, 0.15) is 5.56 Å². The van der Waals surface area contributed by atoms with Crippen molar-refractivity contribution in [3.05, 3.63) is 35.6 Å². The summed E-state index contributed by atoms with van der Waals surface area (Å²) >= 11 is 0. The van der Waals surface area contributed by atoms with E-state index in [0.717, 1.165) is 0 Å². The summed E-state index contributed by atoms with van der Waals surface area (Å²) in [5.74, 6) is -0.241. The number of rotatable bonds is 3. The van der Waals surface area contributed by atoms with Gasteiger partial charge in [-0.05, 0) is 6.07 Å². The molecule has 0 aliphatic carbocycles. The summed E-state index contributed by atoms with van der Waals surface area (Å²) in [6.45, 7) is 1.59. The van der Waals surface area contributed by atoms with E-state index in [0.29, 0.717) is 25.6 Å². The third kappa shape index (κ3) is 2.99. The molecule has 1 saturated heterocycles. The summed E-state index contributed by atoms with van der Waals surface area (Å²) in [4.78, 5) is 0. The first-order valence-corrected chi connectivity index (χ1v) is 4.87. The molecule has 3 nitrogen and oxygen atoms in total. The molecular weight excluding hydrogens is 199 g/mol. The Kier molecular flexibility index (Phi) is 3.66. The number of hydrogen-bond acceptors (Lipinski definition) is 3. The van der Waals surface area contributed by atoms with Gasteiger partial charge in [0.2, 0.25) is 0 Å². The van der Waals surface area contributed by atoms with Crippen LogP contribution < -0.4 is 0 Å². The highest BCUT2D eigenvalue weighted by atomic mass is 19.1. The predicted molar refractivity (Wildman–Crippen MR) is 51.7 cm³/mol. The fraction of sp³-hybridized carbons (Fsp3) is 0.455. The number of halogens is 1. The van der Waals surface area contributed by atoms with Crippen LogP contribution in [0.3, 0.4) is 0 Å². The molecule has 2 rings (SSSR count). The van der Waals surface area contributed by atoms with Gasteiger partial charge < -0.3 is 14.2 Å². The van der Waals surface area contributed by atoms with Crippen LogP contribution in [-0.2, 0) is 20.8 Å². The van der Waals surface area contributed by atoms with Crippen LogP contribution in [-0.4, -0.2) is 26.1 Å². The molecule has 1 aliphatic heterocycles. The molecule has 0 spiro atoms. The second kappa shape index (κ2) is 5.21. The highest BCUT2D eigenvalue weighted by molar-refractivity contribution is 5.16. The van der Waals surface area contributed by atoms with Gasteiger partial charge in [-0.2, -0.15) is 0 Å². The Labute approximate surface area is 87.8 Å². The Morgan fingerprint density at radius 3 is 2.73 bits per heavy atom. The largest absolute Gasteiger partial charge is 0.369 e. The van der Waals surface area contributed by atoms with E-state index in [9.17, 15) is 4.39 Å². The van der Waals surface area contributed by atoms with E-state index in [1.54, 1.807) is 18.2 Å². The average molecular weight is 212 g/mol. The van der Waals surface area contributed by atoms with E-state index in [1.165, 1.54) is 6.07 Å². The molecule has 1 heterocycles. The van der Waals surface area contributed by atoms with Gasteiger partial charge >= 0.3 is 0 Å². The quantitative estimate of drug-likeness (QED) is 0.763. The van der Waals surface area contributed by atoms with Crippen LogP contribution in [0.2, 0.25) is 0 Å². The maximum Gasteiger partial charge on any atom is 0.146 e. The van der Waals surface area contributed by atoms with Crippen molar-refractivity contribution in [2.45, 2.75) is 12.7 Å². The lowest BCUT2D eigenvalue weighted by atomic mass is 10.2. The molecule has 0 radical (unpaired) electrons. The molecule has 1 aliphatic rings. The van der Waals surface area contributed by atoms with Crippen molar-refractivity contribution in [1.29, 1.82) is 0 Å². The summed E-state index contributed by atoms with van der Waals surface area (Å²) in [6.07, 6.45) is -0.0987. The first kappa shape index (κ1) is 10.5. The number of benzene rings is 1. The minimum absolute atomic E-state index is 0.0987. The van der Waals surface area contributed by atoms with Crippen LogP contribution >= 0.6 is 0 Å². The van der Waals surface area contributed by atoms with Gasteiger partial charge in [-0.3, -0.25) is 0 Å². The predicted octanol–water partition coefficient (Wildman–Crippen LogP) is 1.72. The third-order valence-electron chi connectivity index (χ3n) is 2.21. The lowest BCUT2D eigenvalue weighted by molar-refractivity contribution is -0.170. The van der Waals surface area contributed by atoms with Gasteiger partial charge in [0.25, 0.3) is 0 Å². The summed E-state index contributed by atoms with van der Waals surface area (Å²) < 4.78 is 28.8. The van der Waals surface area contributed by atoms with Crippen molar-refractivity contribution in [3.63, 3.8) is 0 Å². The van der Waals surface area contributed by atoms with Gasteiger partial charge in [-0.1, -0.05) is 18.2 Å². The van der Waals surface area contributed by atoms with Crippen LogP contribution in [0.4, 0.5) is 4.39 Å². The van der Waals surface area contributed by atoms with Crippen molar-refractivity contribution in [1.82, 2.24) is 0 Å². The second-order valence-corrected chi connectivity index (χ2v) is 3.38. The van der Waals surface area contributed by atoms with Gasteiger partial charge in [-0.15, -0.1) is 0 Å². The number of ether oxygens (including phenoxy) is 3. The fourth-order valence-corrected chi connectivity index (χ4v) is 1.39. The lowest BCUT2D eigenvalue weighted by Crippen LogP contribution is -2.31. The lowest BCUT2D eigenvalue weighted by Gasteiger charge is -2.22. The summed E-state index contributed by atoms with van der Waals surface area (Å²) in [5, 5.41) is 0. The minimum Gasteiger partial charge on any atom is -0.369 e. The average Bonchev–Trinajstić information content (AvgIpc) is 2.29. The van der Waals surface area contributed by atoms with Crippen LogP contribution in [0, 0.1) is 5.82 Å². The Hall–Kier alpha value is -0.970. The van der Waals surface area contributed by atoms with Crippen LogP contribution in [0.5, 0.6) is 0 Å². The molecular formula is C11H13FO3. The van der Waals surface area contributed by atoms with E-state index in [1.807, 2.05) is 0 Å². The maximum atomic E-state index is 13.2. The summed E-state index contributed by atoms with van der Waals surface area (Å²) in [7, 11) is 0. The topological polar surface area (TPSA) is 27.7 Å². The molecule has 0 atom stereocenters. The van der Waals surface area contributed by atoms with Gasteiger partial charge in [-0.25, -0.2) is 4.39 Å². The molecule has 0 bridgehead atoms. The molecule has 1 fully saturated rings. The maximum absolute atomic E-state index is 13.2. The van der Waals surface area contributed by atoms with Crippen molar-refractivity contribution in [3.8, 4) is 0 Å². The van der Waals surface area contributed by atoms with Gasteiger partial charge in [0.05, 0.1) is 19.8 Å². The molecule has 1 aromatic rings. The molecule has 0 aromatic heterocycles. The van der Waals surface area contributed by atoms with E-state index in [4.69, 9.17) is 14.2 Å². The van der Waals surface area contributed by atoms with Crippen molar-refractivity contribution in [2.75, 3.05) is 20.0 Å². The van der Waals surface area contributed by atoms with Crippen LogP contribution in [0.25, 0.3) is 0 Å². The zero-order valence-corrected chi connectivity index (χ0v) is 8.32. The summed E-state index contributed by atoms with van der Waals surface area (Å²) in [6, 6.07) is 6.58. The Bertz CT molecular complexity index is 310. The number of hydrogen-bond donors (Lipinski definition) is 0. The zero-order chi connectivity index (χ0) is 10.5. The highest BCUT2D eigenvalue weighted by Crippen LogP contribution is 2.10. The standard InChI is InChI=1S/C11H13FO3/c12-11-4-2-1-3-9(11)5-15-10-6-13-8-14-7-10/h1-4,10H,5-8H2. The SMILES string of the molecule is Fc1ccccc1COC1COCOC1. The molecule has 1 aromatic carbocycles. The van der Waals surface area contributed by atoms with E-state index < -0.39 is 0 Å². The Balaban J connectivity index is 1.84. The Morgan fingerprint density at radius 2 is 2.00 bits per heavy atom. The van der Waals surface area contributed by atoms with E-state index in [2.05, 4.69) is 0 Å². The van der Waals surface area contributed by atoms with E-state index >= 15 is 0 Å². The molecule has 0 N–H and O–H groups in total. The van der Waals surface area contributed by atoms with Gasteiger partial charge in [0.15, 0.2) is 0 Å². The normalized spacial score (nSPS) is 17.9. The van der Waals surface area contributed by atoms with Crippen LogP contribution in [0.15, 0.2) is 24.3 Å². The first-order chi connectivity index (χ1) is 7.36. The molecule has 0 saturated carbocycles. The molecule has 0 unspecified atom stereocenters. The Morgan fingerprint density at radius 1 is 1.27 bits per heavy atom. The smallest absolute Gasteiger partial charge is 0.146 e.